The van der Waals surface area contributed by atoms with Gasteiger partial charge in [-0.25, -0.2) is 12.8 Å². The van der Waals surface area contributed by atoms with E-state index in [1.807, 2.05) is 0 Å². The largest absolute Gasteiger partial charge is 0.399 e. The van der Waals surface area contributed by atoms with E-state index in [1.165, 1.54) is 13.0 Å². The van der Waals surface area contributed by atoms with Crippen LogP contribution in [0.5, 0.6) is 0 Å². The Morgan fingerprint density at radius 3 is 2.72 bits per heavy atom. The fraction of sp³-hybridized carbons (Fsp3) is 0.455. The number of anilines is 1. The number of benzene rings is 1. The highest BCUT2D eigenvalue weighted by atomic mass is 32.2. The molecule has 0 bridgehead atoms. The Labute approximate surface area is 105 Å². The van der Waals surface area contributed by atoms with Gasteiger partial charge in [0.1, 0.15) is 10.7 Å². The highest BCUT2D eigenvalue weighted by Crippen LogP contribution is 2.26. The highest BCUT2D eigenvalue weighted by molar-refractivity contribution is 7.89. The fourth-order valence-electron chi connectivity index (χ4n) is 1.82. The topological polar surface area (TPSA) is 72.6 Å². The number of nitrogens with zero attached hydrogens (tertiary/aromatic N) is 1. The zero-order chi connectivity index (χ0) is 13.3. The average Bonchev–Trinajstić information content (AvgIpc) is 2.34. The summed E-state index contributed by atoms with van der Waals surface area (Å²) < 4.78 is 39.2. The van der Waals surface area contributed by atoms with E-state index in [4.69, 9.17) is 10.6 Å². The quantitative estimate of drug-likeness (QED) is 0.828. The Balaban J connectivity index is 2.46. The summed E-state index contributed by atoms with van der Waals surface area (Å²) in [6.45, 7) is 2.03. The van der Waals surface area contributed by atoms with Gasteiger partial charge in [0.25, 0.3) is 10.0 Å². The smallest absolute Gasteiger partial charge is 0.268 e. The number of nitrogens with two attached hydrogens (primary N) is 1. The Bertz CT molecular complexity index is 554. The minimum absolute atomic E-state index is 0.200. The summed E-state index contributed by atoms with van der Waals surface area (Å²) in [5, 5.41) is 0. The van der Waals surface area contributed by atoms with Crippen LogP contribution in [0.15, 0.2) is 17.0 Å². The van der Waals surface area contributed by atoms with Crippen molar-refractivity contribution in [2.75, 3.05) is 18.9 Å². The molecule has 5 nitrogen and oxygen atoms in total. The van der Waals surface area contributed by atoms with Crippen LogP contribution in [0.4, 0.5) is 10.1 Å². The maximum atomic E-state index is 13.9. The first-order valence-electron chi connectivity index (χ1n) is 5.64. The molecule has 18 heavy (non-hydrogen) atoms. The maximum Gasteiger partial charge on any atom is 0.268 e. The molecule has 1 fully saturated rings. The zero-order valence-electron chi connectivity index (χ0n) is 10.0. The van der Waals surface area contributed by atoms with E-state index in [0.29, 0.717) is 13.0 Å². The van der Waals surface area contributed by atoms with Crippen molar-refractivity contribution in [3.63, 3.8) is 0 Å². The summed E-state index contributed by atoms with van der Waals surface area (Å²) >= 11 is 0. The van der Waals surface area contributed by atoms with Gasteiger partial charge in [-0.15, -0.1) is 0 Å². The lowest BCUT2D eigenvalue weighted by Gasteiger charge is -2.25. The molecule has 0 saturated carbocycles. The van der Waals surface area contributed by atoms with Crippen molar-refractivity contribution in [2.24, 2.45) is 0 Å². The fourth-order valence-corrected chi connectivity index (χ4v) is 3.30. The Morgan fingerprint density at radius 2 is 2.11 bits per heavy atom. The van der Waals surface area contributed by atoms with Crippen molar-refractivity contribution < 1.29 is 17.6 Å². The zero-order valence-corrected chi connectivity index (χ0v) is 10.8. The first-order chi connectivity index (χ1) is 8.43. The van der Waals surface area contributed by atoms with Gasteiger partial charge in [0.2, 0.25) is 0 Å². The second kappa shape index (κ2) is 4.83. The normalized spacial score (nSPS) is 17.9. The molecule has 0 radical (unpaired) electrons. The molecule has 0 unspecified atom stereocenters. The van der Waals surface area contributed by atoms with E-state index >= 15 is 0 Å². The number of aryl methyl sites for hydroxylation is 1. The van der Waals surface area contributed by atoms with Crippen molar-refractivity contribution >= 4 is 15.7 Å². The number of hydroxylamine groups is 1. The molecule has 0 amide bonds. The molecule has 1 saturated heterocycles. The summed E-state index contributed by atoms with van der Waals surface area (Å²) in [5.41, 5.74) is 5.98. The van der Waals surface area contributed by atoms with Crippen LogP contribution < -0.4 is 5.73 Å². The van der Waals surface area contributed by atoms with E-state index in [-0.39, 0.29) is 17.8 Å². The van der Waals surface area contributed by atoms with E-state index < -0.39 is 20.7 Å². The van der Waals surface area contributed by atoms with Gasteiger partial charge in [-0.1, -0.05) is 4.47 Å². The standard InChI is InChI=1S/C11H15FN2O3S/c1-8-6-9(13)7-10(11(8)12)18(15,16)14-4-2-3-5-17-14/h6-7H,2-5,13H2,1H3. The molecule has 1 aromatic carbocycles. The molecular weight excluding hydrogens is 259 g/mol. The van der Waals surface area contributed by atoms with Crippen LogP contribution >= 0.6 is 0 Å². The molecule has 1 aliphatic rings. The summed E-state index contributed by atoms with van der Waals surface area (Å²) in [7, 11) is -3.98. The number of halogens is 1. The molecule has 0 aromatic heterocycles. The van der Waals surface area contributed by atoms with Crippen LogP contribution in [-0.4, -0.2) is 26.0 Å². The molecular formula is C11H15FN2O3S. The second-order valence-corrected chi connectivity index (χ2v) is 6.02. The van der Waals surface area contributed by atoms with Crippen molar-refractivity contribution in [3.8, 4) is 0 Å². The molecule has 0 atom stereocenters. The Hall–Kier alpha value is -1.18. The van der Waals surface area contributed by atoms with E-state index in [1.54, 1.807) is 0 Å². The second-order valence-electron chi connectivity index (χ2n) is 4.22. The molecule has 1 aromatic rings. The lowest BCUT2D eigenvalue weighted by molar-refractivity contribution is -0.109. The van der Waals surface area contributed by atoms with Crippen molar-refractivity contribution in [2.45, 2.75) is 24.7 Å². The molecule has 100 valence electrons. The predicted molar refractivity (Wildman–Crippen MR) is 64.6 cm³/mol. The Kier molecular flexibility index (Phi) is 3.56. The van der Waals surface area contributed by atoms with Crippen LogP contribution in [0.1, 0.15) is 18.4 Å². The minimum atomic E-state index is -3.98. The van der Waals surface area contributed by atoms with Gasteiger partial charge in [-0.2, -0.15) is 0 Å². The van der Waals surface area contributed by atoms with E-state index in [9.17, 15) is 12.8 Å². The minimum Gasteiger partial charge on any atom is -0.399 e. The van der Waals surface area contributed by atoms with Gasteiger partial charge in [-0.05, 0) is 37.5 Å². The van der Waals surface area contributed by atoms with Gasteiger partial charge in [0, 0.05) is 12.2 Å². The Morgan fingerprint density at radius 1 is 1.39 bits per heavy atom. The number of hydrogen-bond acceptors (Lipinski definition) is 4. The van der Waals surface area contributed by atoms with Crippen LogP contribution in [0.25, 0.3) is 0 Å². The number of hydrogen-bond donors (Lipinski definition) is 1. The molecule has 0 spiro atoms. The number of sulfonamides is 1. The third kappa shape index (κ3) is 2.33. The molecule has 2 N–H and O–H groups in total. The first-order valence-corrected chi connectivity index (χ1v) is 7.08. The van der Waals surface area contributed by atoms with Gasteiger partial charge < -0.3 is 5.73 Å². The lowest BCUT2D eigenvalue weighted by atomic mass is 10.2. The molecule has 7 heteroatoms. The van der Waals surface area contributed by atoms with Crippen molar-refractivity contribution in [3.05, 3.63) is 23.5 Å². The molecule has 0 aliphatic carbocycles. The highest BCUT2D eigenvalue weighted by Gasteiger charge is 2.30. The third-order valence-corrected chi connectivity index (χ3v) is 4.44. The van der Waals surface area contributed by atoms with Gasteiger partial charge in [0.05, 0.1) is 6.61 Å². The van der Waals surface area contributed by atoms with Gasteiger partial charge in [0.15, 0.2) is 0 Å². The third-order valence-electron chi connectivity index (χ3n) is 2.76. The summed E-state index contributed by atoms with van der Waals surface area (Å²) in [6.07, 6.45) is 1.49. The van der Waals surface area contributed by atoms with Crippen LogP contribution in [0.2, 0.25) is 0 Å². The van der Waals surface area contributed by atoms with Crippen molar-refractivity contribution in [1.82, 2.24) is 4.47 Å². The van der Waals surface area contributed by atoms with Crippen molar-refractivity contribution in [1.29, 1.82) is 0 Å². The van der Waals surface area contributed by atoms with E-state index in [0.717, 1.165) is 17.0 Å². The summed E-state index contributed by atoms with van der Waals surface area (Å²) in [5.74, 6) is -0.779. The SMILES string of the molecule is Cc1cc(N)cc(S(=O)(=O)N2CCCCO2)c1F. The average molecular weight is 274 g/mol. The summed E-state index contributed by atoms with van der Waals surface area (Å²) in [4.78, 5) is 4.64. The lowest BCUT2D eigenvalue weighted by Crippen LogP contribution is -2.36. The number of rotatable bonds is 2. The monoisotopic (exact) mass is 274 g/mol. The van der Waals surface area contributed by atoms with Crippen LogP contribution in [0.3, 0.4) is 0 Å². The first kappa shape index (κ1) is 13.3. The number of nitrogen functional groups attached to an aromatic ring is 1. The van der Waals surface area contributed by atoms with Crippen LogP contribution in [-0.2, 0) is 14.9 Å². The summed E-state index contributed by atoms with van der Waals surface area (Å²) in [6, 6.07) is 2.51. The predicted octanol–water partition coefficient (Wildman–Crippen LogP) is 1.43. The van der Waals surface area contributed by atoms with Gasteiger partial charge in [-0.3, -0.25) is 4.84 Å². The maximum absolute atomic E-state index is 13.9. The molecule has 2 rings (SSSR count). The molecule has 1 aliphatic heterocycles. The molecule has 1 heterocycles. The van der Waals surface area contributed by atoms with Gasteiger partial charge >= 0.3 is 0 Å². The van der Waals surface area contributed by atoms with Crippen LogP contribution in [0, 0.1) is 12.7 Å². The van der Waals surface area contributed by atoms with E-state index in [2.05, 4.69) is 0 Å².